The van der Waals surface area contributed by atoms with Gasteiger partial charge in [0.05, 0.1) is 6.61 Å². The monoisotopic (exact) mass is 277 g/mol. The van der Waals surface area contributed by atoms with Crippen molar-refractivity contribution in [2.24, 2.45) is 5.16 Å². The van der Waals surface area contributed by atoms with Crippen LogP contribution in [0.2, 0.25) is 5.02 Å². The Balaban J connectivity index is 3.25. The van der Waals surface area contributed by atoms with Crippen LogP contribution in [0, 0.1) is 0 Å². The average molecular weight is 278 g/mol. The quantitative estimate of drug-likeness (QED) is 0.487. The molecule has 1 unspecified atom stereocenters. The molecule has 0 saturated carbocycles. The fourth-order valence-corrected chi connectivity index (χ4v) is 2.43. The molecule has 2 N–H and O–H groups in total. The van der Waals surface area contributed by atoms with E-state index in [0.29, 0.717) is 10.6 Å². The summed E-state index contributed by atoms with van der Waals surface area (Å²) in [4.78, 5) is 0. The molecule has 5 nitrogen and oxygen atoms in total. The Kier molecular flexibility index (Phi) is 4.50. The van der Waals surface area contributed by atoms with Gasteiger partial charge in [-0.15, -0.1) is 0 Å². The minimum Gasteiger partial charge on any atom is -0.411 e. The molecule has 1 rings (SSSR count). The third kappa shape index (κ3) is 3.42. The fraction of sp³-hybridized carbons (Fsp3) is 0.300. The molecular formula is C10H12ClNO4S. The minimum absolute atomic E-state index is 0.127. The van der Waals surface area contributed by atoms with E-state index < -0.39 is 21.7 Å². The Labute approximate surface area is 104 Å². The van der Waals surface area contributed by atoms with Crippen LogP contribution in [-0.2, 0) is 9.84 Å². The van der Waals surface area contributed by atoms with Gasteiger partial charge < -0.3 is 10.3 Å². The Bertz CT molecular complexity index is 527. The van der Waals surface area contributed by atoms with Gasteiger partial charge in [0.1, 0.15) is 11.0 Å². The van der Waals surface area contributed by atoms with E-state index in [1.165, 1.54) is 6.07 Å². The minimum atomic E-state index is -3.57. The molecule has 0 aromatic heterocycles. The van der Waals surface area contributed by atoms with Gasteiger partial charge in [0.2, 0.25) is 0 Å². The first kappa shape index (κ1) is 14.0. The van der Waals surface area contributed by atoms with Crippen molar-refractivity contribution in [1.82, 2.24) is 0 Å². The predicted molar refractivity (Wildman–Crippen MR) is 65.5 cm³/mol. The lowest BCUT2D eigenvalue weighted by atomic mass is 10.1. The van der Waals surface area contributed by atoms with Crippen LogP contribution in [0.5, 0.6) is 0 Å². The standard InChI is InChI=1S/C10H12ClNO4S/c1-17(15,16)9(6-13)10(12-14)7-3-2-4-8(11)5-7/h2-5,9,13-14H,6H2,1H3/b12-10+. The zero-order chi connectivity index (χ0) is 13.1. The van der Waals surface area contributed by atoms with Crippen molar-refractivity contribution in [3.8, 4) is 0 Å². The van der Waals surface area contributed by atoms with Crippen LogP contribution in [0.15, 0.2) is 29.4 Å². The number of aliphatic hydroxyl groups excluding tert-OH is 1. The molecule has 0 aliphatic carbocycles. The van der Waals surface area contributed by atoms with E-state index >= 15 is 0 Å². The number of benzene rings is 1. The van der Waals surface area contributed by atoms with Crippen LogP contribution in [0.4, 0.5) is 0 Å². The first-order chi connectivity index (χ1) is 7.90. The van der Waals surface area contributed by atoms with Gasteiger partial charge in [0.25, 0.3) is 0 Å². The molecule has 17 heavy (non-hydrogen) atoms. The number of hydrogen-bond donors (Lipinski definition) is 2. The number of sulfone groups is 1. The summed E-state index contributed by atoms with van der Waals surface area (Å²) in [5.74, 6) is 0. The smallest absolute Gasteiger partial charge is 0.158 e. The van der Waals surface area contributed by atoms with Gasteiger partial charge in [-0.2, -0.15) is 0 Å². The van der Waals surface area contributed by atoms with Crippen LogP contribution in [0.3, 0.4) is 0 Å². The number of halogens is 1. The maximum atomic E-state index is 11.4. The highest BCUT2D eigenvalue weighted by Crippen LogP contribution is 2.15. The zero-order valence-corrected chi connectivity index (χ0v) is 10.6. The maximum Gasteiger partial charge on any atom is 0.158 e. The molecule has 7 heteroatoms. The van der Waals surface area contributed by atoms with Crippen LogP contribution in [0.1, 0.15) is 5.56 Å². The Morgan fingerprint density at radius 2 is 2.18 bits per heavy atom. The summed E-state index contributed by atoms with van der Waals surface area (Å²) < 4.78 is 22.9. The van der Waals surface area contributed by atoms with E-state index in [0.717, 1.165) is 6.26 Å². The lowest BCUT2D eigenvalue weighted by molar-refractivity contribution is 0.296. The summed E-state index contributed by atoms with van der Waals surface area (Å²) >= 11 is 5.76. The summed E-state index contributed by atoms with van der Waals surface area (Å²) in [6.45, 7) is -0.662. The topological polar surface area (TPSA) is 87.0 Å². The largest absolute Gasteiger partial charge is 0.411 e. The van der Waals surface area contributed by atoms with Crippen molar-refractivity contribution in [2.45, 2.75) is 5.25 Å². The van der Waals surface area contributed by atoms with Gasteiger partial charge in [-0.3, -0.25) is 0 Å². The summed E-state index contributed by atoms with van der Waals surface area (Å²) in [6.07, 6.45) is 0.962. The second-order valence-electron chi connectivity index (χ2n) is 3.50. The third-order valence-corrected chi connectivity index (χ3v) is 3.86. The summed E-state index contributed by atoms with van der Waals surface area (Å²) in [6, 6.07) is 6.22. The molecule has 94 valence electrons. The van der Waals surface area contributed by atoms with Crippen LogP contribution < -0.4 is 0 Å². The molecular weight excluding hydrogens is 266 g/mol. The zero-order valence-electron chi connectivity index (χ0n) is 9.04. The molecule has 1 aromatic rings. The maximum absolute atomic E-state index is 11.4. The highest BCUT2D eigenvalue weighted by atomic mass is 35.5. The molecule has 1 atom stereocenters. The van der Waals surface area contributed by atoms with Gasteiger partial charge in [-0.25, -0.2) is 8.42 Å². The lowest BCUT2D eigenvalue weighted by Crippen LogP contribution is -2.33. The first-order valence-corrected chi connectivity index (χ1v) is 7.01. The first-order valence-electron chi connectivity index (χ1n) is 4.67. The van der Waals surface area contributed by atoms with E-state index in [1.807, 2.05) is 0 Å². The van der Waals surface area contributed by atoms with Gasteiger partial charge in [-0.05, 0) is 12.1 Å². The normalized spacial score (nSPS) is 14.6. The number of aliphatic hydroxyl groups is 1. The van der Waals surface area contributed by atoms with Crippen molar-refractivity contribution >= 4 is 27.1 Å². The summed E-state index contributed by atoms with van der Waals surface area (Å²) in [7, 11) is -3.57. The van der Waals surface area contributed by atoms with Crippen molar-refractivity contribution in [2.75, 3.05) is 12.9 Å². The average Bonchev–Trinajstić information content (AvgIpc) is 2.23. The third-order valence-electron chi connectivity index (χ3n) is 2.22. The van der Waals surface area contributed by atoms with E-state index in [-0.39, 0.29) is 5.71 Å². The number of hydrogen-bond acceptors (Lipinski definition) is 5. The van der Waals surface area contributed by atoms with Gasteiger partial charge >= 0.3 is 0 Å². The molecule has 0 bridgehead atoms. The summed E-state index contributed by atoms with van der Waals surface area (Å²) in [5, 5.41) is 20.1. The van der Waals surface area contributed by atoms with E-state index in [2.05, 4.69) is 5.16 Å². The highest BCUT2D eigenvalue weighted by Gasteiger charge is 2.27. The predicted octanol–water partition coefficient (Wildman–Crippen LogP) is 0.924. The summed E-state index contributed by atoms with van der Waals surface area (Å²) in [5.41, 5.74) is 0.224. The molecule has 1 aromatic carbocycles. The van der Waals surface area contributed by atoms with Crippen LogP contribution >= 0.6 is 11.6 Å². The Hall–Kier alpha value is -1.11. The molecule has 0 amide bonds. The number of oxime groups is 1. The van der Waals surface area contributed by atoms with E-state index in [4.69, 9.17) is 21.9 Å². The van der Waals surface area contributed by atoms with Gasteiger partial charge in [-0.1, -0.05) is 28.9 Å². The number of rotatable bonds is 4. The molecule has 0 aliphatic heterocycles. The van der Waals surface area contributed by atoms with Gasteiger partial charge in [0.15, 0.2) is 9.84 Å². The SMILES string of the molecule is CS(=O)(=O)C(CO)/C(=N/O)c1cccc(Cl)c1. The lowest BCUT2D eigenvalue weighted by Gasteiger charge is -2.14. The van der Waals surface area contributed by atoms with Gasteiger partial charge in [0, 0.05) is 16.8 Å². The van der Waals surface area contributed by atoms with Crippen LogP contribution in [0.25, 0.3) is 0 Å². The molecule has 0 saturated heterocycles. The molecule has 0 spiro atoms. The molecule has 0 radical (unpaired) electrons. The second-order valence-corrected chi connectivity index (χ2v) is 6.16. The van der Waals surface area contributed by atoms with Crippen molar-refractivity contribution in [1.29, 1.82) is 0 Å². The molecule has 0 fully saturated rings. The van der Waals surface area contributed by atoms with E-state index in [1.54, 1.807) is 18.2 Å². The highest BCUT2D eigenvalue weighted by molar-refractivity contribution is 7.92. The van der Waals surface area contributed by atoms with Crippen LogP contribution in [-0.4, -0.2) is 42.6 Å². The van der Waals surface area contributed by atoms with E-state index in [9.17, 15) is 8.42 Å². The van der Waals surface area contributed by atoms with Crippen molar-refractivity contribution in [3.63, 3.8) is 0 Å². The Morgan fingerprint density at radius 3 is 2.59 bits per heavy atom. The Morgan fingerprint density at radius 1 is 1.53 bits per heavy atom. The van der Waals surface area contributed by atoms with Crippen molar-refractivity contribution < 1.29 is 18.7 Å². The second kappa shape index (κ2) is 5.48. The number of nitrogens with zero attached hydrogens (tertiary/aromatic N) is 1. The molecule has 0 heterocycles. The van der Waals surface area contributed by atoms with Crippen molar-refractivity contribution in [3.05, 3.63) is 34.9 Å². The molecule has 0 aliphatic rings. The fourth-order valence-electron chi connectivity index (χ4n) is 1.38.